The van der Waals surface area contributed by atoms with E-state index in [4.69, 9.17) is 30.8 Å². The van der Waals surface area contributed by atoms with Crippen LogP contribution in [-0.2, 0) is 0 Å². The topological polar surface area (TPSA) is 94.9 Å². The van der Waals surface area contributed by atoms with E-state index >= 15 is 0 Å². The Kier molecular flexibility index (Phi) is 7.47. The summed E-state index contributed by atoms with van der Waals surface area (Å²) in [5.41, 5.74) is 3.11. The number of hydrogen-bond donors (Lipinski definition) is 2. The monoisotopic (exact) mass is 491 g/mol. The lowest BCUT2D eigenvalue weighted by molar-refractivity contribution is 0.0977. The number of carbonyl (C=O) groups is 1. The van der Waals surface area contributed by atoms with E-state index in [1.807, 2.05) is 19.1 Å². The molecule has 4 rings (SSSR count). The summed E-state index contributed by atoms with van der Waals surface area (Å²) >= 11 is 5.33. The quantitative estimate of drug-likeness (QED) is 0.315. The second-order valence-corrected chi connectivity index (χ2v) is 7.96. The maximum atomic E-state index is 12.6. The molecule has 0 spiro atoms. The maximum Gasteiger partial charge on any atom is 0.257 e. The predicted molar refractivity (Wildman–Crippen MR) is 138 cm³/mol. The van der Waals surface area contributed by atoms with Crippen LogP contribution in [-0.4, -0.2) is 36.8 Å². The smallest absolute Gasteiger partial charge is 0.257 e. The summed E-state index contributed by atoms with van der Waals surface area (Å²) in [5, 5.41) is 5.87. The van der Waals surface area contributed by atoms with Gasteiger partial charge in [0.2, 0.25) is 5.89 Å². The average molecular weight is 492 g/mol. The standard InChI is InChI=1S/C26H25N3O5S/c1-4-12-33-19-7-5-6-16(13-19)24(30)29-26(35)27-18-9-11-21-20(15-18)28-25(34-21)17-8-10-22(31-2)23(14-17)32-3/h5-11,13-15H,4,12H2,1-3H3,(H2,27,29,30,35). The minimum absolute atomic E-state index is 0.165. The Morgan fingerprint density at radius 2 is 1.86 bits per heavy atom. The van der Waals surface area contributed by atoms with E-state index in [9.17, 15) is 4.79 Å². The van der Waals surface area contributed by atoms with Gasteiger partial charge in [-0.3, -0.25) is 10.1 Å². The highest BCUT2D eigenvalue weighted by Crippen LogP contribution is 2.33. The SMILES string of the molecule is CCCOc1cccc(C(=O)NC(=S)Nc2ccc3oc(-c4ccc(OC)c(OC)c4)nc3c2)c1. The third-order valence-electron chi connectivity index (χ3n) is 5.07. The number of benzene rings is 3. The minimum Gasteiger partial charge on any atom is -0.494 e. The molecule has 0 bridgehead atoms. The van der Waals surface area contributed by atoms with Crippen LogP contribution in [0, 0.1) is 0 Å². The minimum atomic E-state index is -0.331. The first-order chi connectivity index (χ1) is 17.0. The Balaban J connectivity index is 1.45. The number of hydrogen-bond acceptors (Lipinski definition) is 7. The molecule has 0 aliphatic rings. The van der Waals surface area contributed by atoms with E-state index in [0.29, 0.717) is 52.1 Å². The molecule has 0 fully saturated rings. The number of carbonyl (C=O) groups excluding carboxylic acids is 1. The van der Waals surface area contributed by atoms with Crippen LogP contribution in [0.2, 0.25) is 0 Å². The molecule has 1 amide bonds. The Bertz CT molecular complexity index is 1370. The Labute approximate surface area is 208 Å². The third kappa shape index (κ3) is 5.70. The fourth-order valence-electron chi connectivity index (χ4n) is 3.38. The molecule has 35 heavy (non-hydrogen) atoms. The molecule has 0 aliphatic heterocycles. The van der Waals surface area contributed by atoms with Crippen molar-refractivity contribution in [3.05, 3.63) is 66.2 Å². The Morgan fingerprint density at radius 1 is 1.03 bits per heavy atom. The molecule has 4 aromatic rings. The summed E-state index contributed by atoms with van der Waals surface area (Å²) in [4.78, 5) is 17.2. The van der Waals surface area contributed by atoms with Crippen molar-refractivity contribution in [2.24, 2.45) is 0 Å². The molecule has 180 valence electrons. The highest BCUT2D eigenvalue weighted by atomic mass is 32.1. The first kappa shape index (κ1) is 24.0. The number of nitrogens with one attached hydrogen (secondary N) is 2. The molecule has 8 nitrogen and oxygen atoms in total. The number of rotatable bonds is 8. The summed E-state index contributed by atoms with van der Waals surface area (Å²) in [7, 11) is 3.15. The van der Waals surface area contributed by atoms with E-state index in [2.05, 4.69) is 15.6 Å². The number of ether oxygens (including phenoxy) is 3. The number of aromatic nitrogens is 1. The number of thiocarbonyl (C=S) groups is 1. The fraction of sp³-hybridized carbons (Fsp3) is 0.192. The predicted octanol–water partition coefficient (Wildman–Crippen LogP) is 5.43. The van der Waals surface area contributed by atoms with Gasteiger partial charge in [-0.15, -0.1) is 0 Å². The van der Waals surface area contributed by atoms with Gasteiger partial charge in [-0.2, -0.15) is 0 Å². The van der Waals surface area contributed by atoms with E-state index in [1.54, 1.807) is 62.8 Å². The van der Waals surface area contributed by atoms with Gasteiger partial charge in [0, 0.05) is 16.8 Å². The summed E-state index contributed by atoms with van der Waals surface area (Å²) in [5.74, 6) is 1.95. The fourth-order valence-corrected chi connectivity index (χ4v) is 3.59. The maximum absolute atomic E-state index is 12.6. The number of anilines is 1. The zero-order chi connectivity index (χ0) is 24.8. The lowest BCUT2D eigenvalue weighted by atomic mass is 10.2. The molecule has 2 N–H and O–H groups in total. The van der Waals surface area contributed by atoms with Gasteiger partial charge in [-0.25, -0.2) is 4.98 Å². The number of nitrogens with zero attached hydrogens (tertiary/aromatic N) is 1. The first-order valence-electron chi connectivity index (χ1n) is 11.0. The van der Waals surface area contributed by atoms with Gasteiger partial charge < -0.3 is 23.9 Å². The summed E-state index contributed by atoms with van der Waals surface area (Å²) in [6.07, 6.45) is 0.885. The number of oxazole rings is 1. The molecule has 1 aromatic heterocycles. The molecule has 3 aromatic carbocycles. The molecule has 1 heterocycles. The molecule has 0 atom stereocenters. The van der Waals surface area contributed by atoms with E-state index in [0.717, 1.165) is 12.0 Å². The van der Waals surface area contributed by atoms with Crippen molar-refractivity contribution in [1.82, 2.24) is 10.3 Å². The Morgan fingerprint density at radius 3 is 2.63 bits per heavy atom. The number of amides is 1. The second kappa shape index (κ2) is 10.9. The van der Waals surface area contributed by atoms with Gasteiger partial charge in [0.15, 0.2) is 22.2 Å². The van der Waals surface area contributed by atoms with Crippen molar-refractivity contribution in [3.8, 4) is 28.7 Å². The second-order valence-electron chi connectivity index (χ2n) is 7.56. The van der Waals surface area contributed by atoms with Crippen molar-refractivity contribution in [2.75, 3.05) is 26.1 Å². The largest absolute Gasteiger partial charge is 0.494 e. The van der Waals surface area contributed by atoms with Crippen molar-refractivity contribution in [2.45, 2.75) is 13.3 Å². The molecular weight excluding hydrogens is 466 g/mol. The van der Waals surface area contributed by atoms with Gasteiger partial charge >= 0.3 is 0 Å². The molecule has 0 saturated heterocycles. The van der Waals surface area contributed by atoms with Crippen LogP contribution in [0.5, 0.6) is 17.2 Å². The van der Waals surface area contributed by atoms with Crippen LogP contribution in [0.3, 0.4) is 0 Å². The van der Waals surface area contributed by atoms with Crippen LogP contribution < -0.4 is 24.8 Å². The lowest BCUT2D eigenvalue weighted by Crippen LogP contribution is -2.34. The van der Waals surface area contributed by atoms with Crippen LogP contribution in [0.1, 0.15) is 23.7 Å². The van der Waals surface area contributed by atoms with Crippen molar-refractivity contribution < 1.29 is 23.4 Å². The van der Waals surface area contributed by atoms with Crippen molar-refractivity contribution in [3.63, 3.8) is 0 Å². The van der Waals surface area contributed by atoms with Crippen LogP contribution in [0.15, 0.2) is 65.1 Å². The molecule has 0 saturated carbocycles. The summed E-state index contributed by atoms with van der Waals surface area (Å²) in [6.45, 7) is 2.61. The summed E-state index contributed by atoms with van der Waals surface area (Å²) < 4.78 is 22.1. The zero-order valence-electron chi connectivity index (χ0n) is 19.6. The highest BCUT2D eigenvalue weighted by Gasteiger charge is 2.14. The molecule has 0 unspecified atom stereocenters. The van der Waals surface area contributed by atoms with Crippen molar-refractivity contribution >= 4 is 40.0 Å². The lowest BCUT2D eigenvalue weighted by Gasteiger charge is -2.10. The highest BCUT2D eigenvalue weighted by molar-refractivity contribution is 7.80. The van der Waals surface area contributed by atoms with Crippen LogP contribution >= 0.6 is 12.2 Å². The van der Waals surface area contributed by atoms with Crippen LogP contribution in [0.4, 0.5) is 5.69 Å². The first-order valence-corrected chi connectivity index (χ1v) is 11.4. The number of fused-ring (bicyclic) bond motifs is 1. The molecule has 9 heteroatoms. The third-order valence-corrected chi connectivity index (χ3v) is 5.28. The van der Waals surface area contributed by atoms with Gasteiger partial charge in [0.1, 0.15) is 11.3 Å². The van der Waals surface area contributed by atoms with Gasteiger partial charge in [-0.1, -0.05) is 13.0 Å². The normalized spacial score (nSPS) is 10.6. The molecule has 0 aliphatic carbocycles. The van der Waals surface area contributed by atoms with E-state index in [1.165, 1.54) is 0 Å². The van der Waals surface area contributed by atoms with Gasteiger partial charge in [-0.05, 0) is 73.2 Å². The molecule has 0 radical (unpaired) electrons. The van der Waals surface area contributed by atoms with Gasteiger partial charge in [0.25, 0.3) is 5.91 Å². The summed E-state index contributed by atoms with van der Waals surface area (Å²) in [6, 6.07) is 17.8. The zero-order valence-corrected chi connectivity index (χ0v) is 20.4. The average Bonchev–Trinajstić information content (AvgIpc) is 3.30. The molecular formula is C26H25N3O5S. The van der Waals surface area contributed by atoms with E-state index in [-0.39, 0.29) is 11.0 Å². The Hall–Kier alpha value is -4.11. The number of methoxy groups -OCH3 is 2. The van der Waals surface area contributed by atoms with Crippen LogP contribution in [0.25, 0.3) is 22.6 Å². The van der Waals surface area contributed by atoms with Crippen molar-refractivity contribution in [1.29, 1.82) is 0 Å². The van der Waals surface area contributed by atoms with Gasteiger partial charge in [0.05, 0.1) is 20.8 Å². The van der Waals surface area contributed by atoms with E-state index < -0.39 is 0 Å².